The van der Waals surface area contributed by atoms with E-state index in [1.54, 1.807) is 20.0 Å². The third kappa shape index (κ3) is 1.91. The van der Waals surface area contributed by atoms with E-state index in [0.717, 1.165) is 5.56 Å². The number of carboxylic acids is 1. The number of likely N-dealkylation sites (N-methyl/N-ethyl adjacent to an activating group) is 1. The topological polar surface area (TPSA) is 80.0 Å². The molecular formula is C11H13NO5. The van der Waals surface area contributed by atoms with Crippen molar-refractivity contribution in [3.8, 4) is 0 Å². The molecule has 1 aliphatic rings. The lowest BCUT2D eigenvalue weighted by molar-refractivity contribution is -0.172. The molecule has 92 valence electrons. The number of morpholine rings is 1. The maximum Gasteiger partial charge on any atom is 0.335 e. The highest BCUT2D eigenvalue weighted by Crippen LogP contribution is 2.31. The number of furan rings is 1. The number of amides is 1. The Morgan fingerprint density at radius 3 is 2.82 bits per heavy atom. The van der Waals surface area contributed by atoms with Crippen molar-refractivity contribution in [2.45, 2.75) is 19.1 Å². The number of hydrogen-bond donors (Lipinski definition) is 1. The zero-order valence-corrected chi connectivity index (χ0v) is 9.54. The summed E-state index contributed by atoms with van der Waals surface area (Å²) in [5.41, 5.74) is 0.798. The van der Waals surface area contributed by atoms with Crippen molar-refractivity contribution < 1.29 is 23.8 Å². The smallest absolute Gasteiger partial charge is 0.335 e. The molecule has 2 atom stereocenters. The van der Waals surface area contributed by atoms with E-state index in [2.05, 4.69) is 0 Å². The van der Waals surface area contributed by atoms with Crippen LogP contribution < -0.4 is 0 Å². The summed E-state index contributed by atoms with van der Waals surface area (Å²) in [5, 5.41) is 9.10. The summed E-state index contributed by atoms with van der Waals surface area (Å²) in [6, 6.07) is 1.00. The first-order chi connectivity index (χ1) is 8.02. The Morgan fingerprint density at radius 1 is 1.59 bits per heavy atom. The monoisotopic (exact) mass is 239 g/mol. The fourth-order valence-electron chi connectivity index (χ4n) is 1.92. The van der Waals surface area contributed by atoms with Crippen molar-refractivity contribution in [2.75, 3.05) is 13.7 Å². The molecule has 0 aliphatic carbocycles. The minimum absolute atomic E-state index is 0.219. The van der Waals surface area contributed by atoms with Gasteiger partial charge in [0.15, 0.2) is 6.10 Å². The van der Waals surface area contributed by atoms with Crippen molar-refractivity contribution in [3.63, 3.8) is 0 Å². The number of hydrogen-bond acceptors (Lipinski definition) is 4. The molecule has 0 saturated carbocycles. The predicted octanol–water partition coefficient (Wildman–Crippen LogP) is 0.571. The molecular weight excluding hydrogens is 226 g/mol. The van der Waals surface area contributed by atoms with Gasteiger partial charge in [-0.15, -0.1) is 0 Å². The summed E-state index contributed by atoms with van der Waals surface area (Å²) in [6.45, 7) is 1.58. The Hall–Kier alpha value is -1.82. The summed E-state index contributed by atoms with van der Waals surface area (Å²) in [6.07, 6.45) is 0.374. The minimum Gasteiger partial charge on any atom is -0.479 e. The van der Waals surface area contributed by atoms with Crippen molar-refractivity contribution in [1.29, 1.82) is 0 Å². The third-order valence-corrected chi connectivity index (χ3v) is 2.90. The first-order valence-corrected chi connectivity index (χ1v) is 5.16. The van der Waals surface area contributed by atoms with E-state index >= 15 is 0 Å². The fraction of sp³-hybridized carbons (Fsp3) is 0.455. The van der Waals surface area contributed by atoms with Crippen LogP contribution >= 0.6 is 0 Å². The van der Waals surface area contributed by atoms with Crippen LogP contribution in [0.25, 0.3) is 0 Å². The molecule has 6 heteroatoms. The van der Waals surface area contributed by atoms with E-state index < -0.39 is 18.1 Å². The molecule has 2 unspecified atom stereocenters. The second-order valence-corrected chi connectivity index (χ2v) is 3.99. The van der Waals surface area contributed by atoms with Gasteiger partial charge < -0.3 is 19.2 Å². The van der Waals surface area contributed by atoms with E-state index in [1.165, 1.54) is 11.2 Å². The molecule has 0 radical (unpaired) electrons. The summed E-state index contributed by atoms with van der Waals surface area (Å²) in [7, 11) is 1.55. The zero-order valence-electron chi connectivity index (χ0n) is 9.54. The minimum atomic E-state index is -1.11. The molecule has 1 aromatic heterocycles. The van der Waals surface area contributed by atoms with Crippen LogP contribution in [0, 0.1) is 6.92 Å². The Labute approximate surface area is 97.8 Å². The van der Waals surface area contributed by atoms with Crippen molar-refractivity contribution in [2.24, 2.45) is 0 Å². The Kier molecular flexibility index (Phi) is 2.89. The number of ether oxygens (including phenoxy) is 1. The van der Waals surface area contributed by atoms with Crippen molar-refractivity contribution in [1.82, 2.24) is 4.90 Å². The van der Waals surface area contributed by atoms with E-state index in [-0.39, 0.29) is 12.5 Å². The van der Waals surface area contributed by atoms with Gasteiger partial charge in [0.05, 0.1) is 6.26 Å². The number of aryl methyl sites for hydroxylation is 1. The number of carbonyl (C=O) groups is 2. The van der Waals surface area contributed by atoms with E-state index in [1.807, 2.05) is 0 Å². The highest BCUT2D eigenvalue weighted by Gasteiger charge is 2.42. The van der Waals surface area contributed by atoms with Crippen LogP contribution in [0.1, 0.15) is 17.4 Å². The largest absolute Gasteiger partial charge is 0.479 e. The van der Waals surface area contributed by atoms with Crippen LogP contribution in [0.2, 0.25) is 0 Å². The highest BCUT2D eigenvalue weighted by molar-refractivity contribution is 5.82. The van der Waals surface area contributed by atoms with Crippen LogP contribution in [0.5, 0.6) is 0 Å². The lowest BCUT2D eigenvalue weighted by Gasteiger charge is -2.35. The zero-order chi connectivity index (χ0) is 12.6. The summed E-state index contributed by atoms with van der Waals surface area (Å²) in [4.78, 5) is 24.0. The van der Waals surface area contributed by atoms with E-state index in [9.17, 15) is 9.59 Å². The van der Waals surface area contributed by atoms with Gasteiger partial charge in [-0.05, 0) is 18.6 Å². The molecule has 6 nitrogen and oxygen atoms in total. The van der Waals surface area contributed by atoms with Crippen LogP contribution in [0.3, 0.4) is 0 Å². The summed E-state index contributed by atoms with van der Waals surface area (Å²) < 4.78 is 10.3. The fourth-order valence-corrected chi connectivity index (χ4v) is 1.92. The van der Waals surface area contributed by atoms with E-state index in [4.69, 9.17) is 14.3 Å². The van der Waals surface area contributed by atoms with Gasteiger partial charge in [0, 0.05) is 7.05 Å². The first kappa shape index (κ1) is 11.7. The molecule has 1 aromatic rings. The second-order valence-electron chi connectivity index (χ2n) is 3.99. The molecule has 0 bridgehead atoms. The quantitative estimate of drug-likeness (QED) is 0.816. The number of carboxylic acid groups (broad SMARTS) is 1. The molecule has 17 heavy (non-hydrogen) atoms. The van der Waals surface area contributed by atoms with Crippen LogP contribution in [0.4, 0.5) is 0 Å². The maximum absolute atomic E-state index is 11.5. The van der Waals surface area contributed by atoms with Gasteiger partial charge in [0.2, 0.25) is 5.91 Å². The van der Waals surface area contributed by atoms with Gasteiger partial charge in [0.25, 0.3) is 0 Å². The molecule has 2 rings (SSSR count). The number of aliphatic carboxylic acids is 1. The van der Waals surface area contributed by atoms with Crippen molar-refractivity contribution >= 4 is 11.9 Å². The Bertz CT molecular complexity index is 452. The molecule has 0 spiro atoms. The second kappa shape index (κ2) is 4.21. The molecule has 2 heterocycles. The molecule has 1 fully saturated rings. The van der Waals surface area contributed by atoms with Gasteiger partial charge in [-0.25, -0.2) is 4.79 Å². The van der Waals surface area contributed by atoms with Gasteiger partial charge in [-0.1, -0.05) is 0 Å². The molecule has 1 saturated heterocycles. The third-order valence-electron chi connectivity index (χ3n) is 2.90. The predicted molar refractivity (Wildman–Crippen MR) is 56.3 cm³/mol. The molecule has 0 aromatic carbocycles. The number of carbonyl (C=O) groups excluding carboxylic acids is 1. The maximum atomic E-state index is 11.5. The highest BCUT2D eigenvalue weighted by atomic mass is 16.5. The van der Waals surface area contributed by atoms with Crippen LogP contribution in [0.15, 0.2) is 16.7 Å². The van der Waals surface area contributed by atoms with Crippen LogP contribution in [-0.2, 0) is 14.3 Å². The molecule has 1 amide bonds. The lowest BCUT2D eigenvalue weighted by Crippen LogP contribution is -2.50. The number of nitrogens with zero attached hydrogens (tertiary/aromatic N) is 1. The Morgan fingerprint density at radius 2 is 2.29 bits per heavy atom. The van der Waals surface area contributed by atoms with Gasteiger partial charge in [0.1, 0.15) is 18.4 Å². The van der Waals surface area contributed by atoms with Gasteiger partial charge in [-0.2, -0.15) is 0 Å². The first-order valence-electron chi connectivity index (χ1n) is 5.16. The normalized spacial score (nSPS) is 25.1. The molecule has 1 N–H and O–H groups in total. The summed E-state index contributed by atoms with van der Waals surface area (Å²) >= 11 is 0. The lowest BCUT2D eigenvalue weighted by atomic mass is 10.0. The van der Waals surface area contributed by atoms with E-state index in [0.29, 0.717) is 5.76 Å². The van der Waals surface area contributed by atoms with Crippen molar-refractivity contribution in [3.05, 3.63) is 23.7 Å². The standard InChI is InChI=1S/C11H13NO5/c1-6-3-4-16-9(6)8-10(11(14)15)17-5-7(13)12(8)2/h3-4,8,10H,5H2,1-2H3,(H,14,15). The average Bonchev–Trinajstić information content (AvgIpc) is 2.68. The molecule has 1 aliphatic heterocycles. The van der Waals surface area contributed by atoms with Gasteiger partial charge in [-0.3, -0.25) is 4.79 Å². The summed E-state index contributed by atoms with van der Waals surface area (Å²) in [5.74, 6) is -0.915. The number of rotatable bonds is 2. The Balaban J connectivity index is 2.40. The SMILES string of the molecule is Cc1ccoc1C1C(C(=O)O)OCC(=O)N1C. The average molecular weight is 239 g/mol. The van der Waals surface area contributed by atoms with Crippen LogP contribution in [-0.4, -0.2) is 41.6 Å². The van der Waals surface area contributed by atoms with Gasteiger partial charge >= 0.3 is 5.97 Å².